The lowest BCUT2D eigenvalue weighted by Gasteiger charge is -2.34. The smallest absolute Gasteiger partial charge is 0.410 e. The average Bonchev–Trinajstić information content (AvgIpc) is 3.00. The Morgan fingerprint density at radius 1 is 1.31 bits per heavy atom. The van der Waals surface area contributed by atoms with Gasteiger partial charge >= 0.3 is 6.09 Å². The fourth-order valence-electron chi connectivity index (χ4n) is 3.61. The SMILES string of the molecule is CC(C)(C)OC(=O)N1CCC[C@@H](Nc2ncnc3c2c(Br)cn3COCC[Si](C)(C)C)C1. The highest BCUT2D eigenvalue weighted by molar-refractivity contribution is 9.10. The third-order valence-electron chi connectivity index (χ3n) is 5.25. The van der Waals surface area contributed by atoms with Gasteiger partial charge in [0.05, 0.1) is 5.39 Å². The number of aromatic nitrogens is 3. The molecule has 1 atom stereocenters. The first-order valence-corrected chi connectivity index (χ1v) is 15.7. The van der Waals surface area contributed by atoms with E-state index in [2.05, 4.69) is 50.9 Å². The van der Waals surface area contributed by atoms with Crippen LogP contribution in [0.25, 0.3) is 11.0 Å². The van der Waals surface area contributed by atoms with Crippen LogP contribution in [0.3, 0.4) is 0 Å². The molecule has 1 N–H and O–H groups in total. The van der Waals surface area contributed by atoms with Crippen LogP contribution >= 0.6 is 15.9 Å². The number of anilines is 1. The Morgan fingerprint density at radius 3 is 2.75 bits per heavy atom. The molecule has 0 unspecified atom stereocenters. The number of halogens is 1. The second kappa shape index (κ2) is 10.1. The number of nitrogens with one attached hydrogen (secondary N) is 1. The monoisotopic (exact) mass is 525 g/mol. The van der Waals surface area contributed by atoms with Crippen LogP contribution in [-0.4, -0.2) is 64.9 Å². The van der Waals surface area contributed by atoms with Crippen molar-refractivity contribution in [3.8, 4) is 0 Å². The zero-order chi connectivity index (χ0) is 23.5. The fraction of sp³-hybridized carbons (Fsp3) is 0.682. The van der Waals surface area contributed by atoms with E-state index in [9.17, 15) is 4.79 Å². The first-order valence-electron chi connectivity index (χ1n) is 11.2. The summed E-state index contributed by atoms with van der Waals surface area (Å²) >= 11 is 3.67. The Balaban J connectivity index is 1.68. The van der Waals surface area contributed by atoms with Crippen LogP contribution in [0.4, 0.5) is 10.6 Å². The number of likely N-dealkylation sites (tertiary alicyclic amines) is 1. The van der Waals surface area contributed by atoms with E-state index in [4.69, 9.17) is 9.47 Å². The van der Waals surface area contributed by atoms with Crippen molar-refractivity contribution in [2.45, 2.75) is 77.7 Å². The topological polar surface area (TPSA) is 81.5 Å². The van der Waals surface area contributed by atoms with Crippen molar-refractivity contribution in [1.82, 2.24) is 19.4 Å². The van der Waals surface area contributed by atoms with Gasteiger partial charge in [-0.15, -0.1) is 0 Å². The molecule has 3 heterocycles. The number of piperidine rings is 1. The quantitative estimate of drug-likeness (QED) is 0.389. The molecule has 1 fully saturated rings. The van der Waals surface area contributed by atoms with E-state index in [1.54, 1.807) is 11.2 Å². The zero-order valence-corrected chi connectivity index (χ0v) is 22.7. The van der Waals surface area contributed by atoms with Crippen LogP contribution in [0, 0.1) is 0 Å². The lowest BCUT2D eigenvalue weighted by molar-refractivity contribution is 0.0206. The van der Waals surface area contributed by atoms with Crippen LogP contribution in [0.1, 0.15) is 33.6 Å². The first-order chi connectivity index (χ1) is 14.9. The van der Waals surface area contributed by atoms with Gasteiger partial charge in [-0.2, -0.15) is 0 Å². The largest absolute Gasteiger partial charge is 0.444 e. The molecule has 1 saturated heterocycles. The van der Waals surface area contributed by atoms with Gasteiger partial charge in [0.25, 0.3) is 0 Å². The van der Waals surface area contributed by atoms with Gasteiger partial charge in [0.15, 0.2) is 0 Å². The van der Waals surface area contributed by atoms with E-state index < -0.39 is 13.7 Å². The first kappa shape index (κ1) is 25.0. The molecular weight excluding hydrogens is 490 g/mol. The highest BCUT2D eigenvalue weighted by Gasteiger charge is 2.28. The highest BCUT2D eigenvalue weighted by atomic mass is 79.9. The molecule has 2 aromatic heterocycles. The van der Waals surface area contributed by atoms with E-state index in [1.807, 2.05) is 31.5 Å². The number of amides is 1. The third-order valence-corrected chi connectivity index (χ3v) is 7.55. The van der Waals surface area contributed by atoms with Gasteiger partial charge in [-0.3, -0.25) is 0 Å². The lowest BCUT2D eigenvalue weighted by Crippen LogP contribution is -2.47. The lowest BCUT2D eigenvalue weighted by atomic mass is 10.1. The van der Waals surface area contributed by atoms with Crippen molar-refractivity contribution < 1.29 is 14.3 Å². The molecule has 1 aliphatic rings. The van der Waals surface area contributed by atoms with Crippen molar-refractivity contribution in [2.24, 2.45) is 0 Å². The van der Waals surface area contributed by atoms with Gasteiger partial charge in [0.1, 0.15) is 30.1 Å². The molecule has 3 rings (SSSR count). The Hall–Kier alpha value is -1.65. The molecule has 0 bridgehead atoms. The van der Waals surface area contributed by atoms with E-state index in [0.29, 0.717) is 19.8 Å². The number of nitrogens with zero attached hydrogens (tertiary/aromatic N) is 4. The number of hydrogen-bond donors (Lipinski definition) is 1. The Labute approximate surface area is 200 Å². The molecule has 2 aromatic rings. The highest BCUT2D eigenvalue weighted by Crippen LogP contribution is 2.31. The maximum atomic E-state index is 12.5. The molecular formula is C22H36BrN5O3Si. The molecule has 178 valence electrons. The molecule has 0 aliphatic carbocycles. The summed E-state index contributed by atoms with van der Waals surface area (Å²) in [6, 6.07) is 1.22. The maximum Gasteiger partial charge on any atom is 0.410 e. The Morgan fingerprint density at radius 2 is 2.06 bits per heavy atom. The maximum absolute atomic E-state index is 12.5. The van der Waals surface area contributed by atoms with Gasteiger partial charge < -0.3 is 24.3 Å². The summed E-state index contributed by atoms with van der Waals surface area (Å²) in [7, 11) is -1.12. The number of hydrogen-bond acceptors (Lipinski definition) is 6. The molecule has 10 heteroatoms. The molecule has 32 heavy (non-hydrogen) atoms. The van der Waals surface area contributed by atoms with Gasteiger partial charge in [-0.05, 0) is 55.6 Å². The number of carbonyl (C=O) groups is 1. The number of carbonyl (C=O) groups excluding carboxylic acids is 1. The summed E-state index contributed by atoms with van der Waals surface area (Å²) in [4.78, 5) is 23.3. The molecule has 0 aromatic carbocycles. The summed E-state index contributed by atoms with van der Waals surface area (Å²) < 4.78 is 14.4. The second-order valence-corrected chi connectivity index (χ2v) is 17.1. The summed E-state index contributed by atoms with van der Waals surface area (Å²) in [6.45, 7) is 15.2. The van der Waals surface area contributed by atoms with Crippen molar-refractivity contribution in [3.63, 3.8) is 0 Å². The Bertz CT molecular complexity index is 938. The predicted molar refractivity (Wildman–Crippen MR) is 134 cm³/mol. The van der Waals surface area contributed by atoms with Crippen molar-refractivity contribution in [2.75, 3.05) is 25.0 Å². The number of rotatable bonds is 7. The summed E-state index contributed by atoms with van der Waals surface area (Å²) in [6.07, 6.45) is 5.18. The molecule has 8 nitrogen and oxygen atoms in total. The summed E-state index contributed by atoms with van der Waals surface area (Å²) in [5, 5.41) is 4.46. The summed E-state index contributed by atoms with van der Waals surface area (Å²) in [5.74, 6) is 0.763. The number of ether oxygens (including phenoxy) is 2. The van der Waals surface area contributed by atoms with Crippen molar-refractivity contribution >= 4 is 46.9 Å². The van der Waals surface area contributed by atoms with Crippen molar-refractivity contribution in [1.29, 1.82) is 0 Å². The minimum Gasteiger partial charge on any atom is -0.444 e. The van der Waals surface area contributed by atoms with Crippen molar-refractivity contribution in [3.05, 3.63) is 17.0 Å². The van der Waals surface area contributed by atoms with E-state index >= 15 is 0 Å². The van der Waals surface area contributed by atoms with Crippen LogP contribution in [0.15, 0.2) is 17.0 Å². The van der Waals surface area contributed by atoms with E-state index in [-0.39, 0.29) is 12.1 Å². The van der Waals surface area contributed by atoms with E-state index in [1.165, 1.54) is 0 Å². The van der Waals surface area contributed by atoms with Crippen LogP contribution in [0.5, 0.6) is 0 Å². The standard InChI is InChI=1S/C22H36BrN5O3Si/c1-22(2,3)31-21(29)27-9-7-8-16(12-27)26-19-18-17(23)13-28(20(18)25-14-24-19)15-30-10-11-32(4,5)6/h13-14,16H,7-12,15H2,1-6H3,(H,24,25,26)/t16-/m1/s1. The normalized spacial score (nSPS) is 17.6. The molecule has 0 spiro atoms. The second-order valence-electron chi connectivity index (χ2n) is 10.6. The van der Waals surface area contributed by atoms with Gasteiger partial charge in [0, 0.05) is 44.5 Å². The van der Waals surface area contributed by atoms with E-state index in [0.717, 1.165) is 46.8 Å². The Kier molecular flexibility index (Phi) is 7.88. The van der Waals surface area contributed by atoms with Crippen LogP contribution in [0.2, 0.25) is 25.7 Å². The third kappa shape index (κ3) is 6.92. The fourth-order valence-corrected chi connectivity index (χ4v) is 4.98. The van der Waals surface area contributed by atoms with Gasteiger partial charge in [0.2, 0.25) is 0 Å². The van der Waals surface area contributed by atoms with Gasteiger partial charge in [-0.1, -0.05) is 19.6 Å². The van der Waals surface area contributed by atoms with Crippen LogP contribution in [-0.2, 0) is 16.2 Å². The van der Waals surface area contributed by atoms with Gasteiger partial charge in [-0.25, -0.2) is 14.8 Å². The minimum atomic E-state index is -1.12. The molecule has 1 aliphatic heterocycles. The zero-order valence-electron chi connectivity index (χ0n) is 20.1. The molecule has 1 amide bonds. The minimum absolute atomic E-state index is 0.0950. The van der Waals surface area contributed by atoms with Crippen LogP contribution < -0.4 is 5.32 Å². The molecule has 0 saturated carbocycles. The predicted octanol–water partition coefficient (Wildman–Crippen LogP) is 5.32. The molecule has 0 radical (unpaired) electrons. The number of fused-ring (bicyclic) bond motifs is 1. The summed E-state index contributed by atoms with van der Waals surface area (Å²) in [5.41, 5.74) is 0.323. The average molecular weight is 527 g/mol.